The molecular formula is C16H22N2O6. The van der Waals surface area contributed by atoms with E-state index in [1.165, 1.54) is 14.0 Å². The smallest absolute Gasteiger partial charge is 0.407 e. The van der Waals surface area contributed by atoms with Crippen molar-refractivity contribution in [1.29, 1.82) is 0 Å². The predicted octanol–water partition coefficient (Wildman–Crippen LogP) is 1.24. The second-order valence-corrected chi connectivity index (χ2v) is 4.89. The summed E-state index contributed by atoms with van der Waals surface area (Å²) in [6.45, 7) is 1.47. The van der Waals surface area contributed by atoms with Crippen LogP contribution in [0, 0.1) is 0 Å². The third-order valence-electron chi connectivity index (χ3n) is 2.92. The first-order chi connectivity index (χ1) is 11.5. The van der Waals surface area contributed by atoms with Crippen LogP contribution in [0.2, 0.25) is 0 Å². The van der Waals surface area contributed by atoms with Gasteiger partial charge in [0.1, 0.15) is 13.2 Å². The molecule has 24 heavy (non-hydrogen) atoms. The number of carbonyl (C=O) groups excluding carboxylic acids is 3. The van der Waals surface area contributed by atoms with Crippen molar-refractivity contribution in [2.45, 2.75) is 19.4 Å². The van der Waals surface area contributed by atoms with Gasteiger partial charge in [-0.3, -0.25) is 4.79 Å². The van der Waals surface area contributed by atoms with Gasteiger partial charge in [-0.2, -0.15) is 0 Å². The van der Waals surface area contributed by atoms with Crippen LogP contribution in [-0.4, -0.2) is 51.1 Å². The number of ether oxygens (including phenoxy) is 3. The fourth-order valence-corrected chi connectivity index (χ4v) is 1.85. The summed E-state index contributed by atoms with van der Waals surface area (Å²) in [4.78, 5) is 33.6. The minimum atomic E-state index is -0.660. The van der Waals surface area contributed by atoms with Crippen molar-refractivity contribution in [1.82, 2.24) is 10.6 Å². The third-order valence-corrected chi connectivity index (χ3v) is 2.92. The number of esters is 1. The van der Waals surface area contributed by atoms with Crippen molar-refractivity contribution in [3.05, 3.63) is 35.9 Å². The molecule has 0 bridgehead atoms. The number of benzene rings is 1. The van der Waals surface area contributed by atoms with Crippen molar-refractivity contribution < 1.29 is 28.6 Å². The molecule has 2 amide bonds. The molecule has 0 aromatic heterocycles. The van der Waals surface area contributed by atoms with Gasteiger partial charge in [0.25, 0.3) is 0 Å². The van der Waals surface area contributed by atoms with Crippen molar-refractivity contribution in [3.8, 4) is 0 Å². The molecule has 8 nitrogen and oxygen atoms in total. The SMILES string of the molecule is COC(=O)N[C@H](COC(=O)NCCOC(C)=O)Cc1ccccc1. The topological polar surface area (TPSA) is 103 Å². The van der Waals surface area contributed by atoms with E-state index < -0.39 is 24.2 Å². The molecule has 1 rings (SSSR count). The molecule has 1 atom stereocenters. The van der Waals surface area contributed by atoms with Gasteiger partial charge in [0, 0.05) is 6.92 Å². The third kappa shape index (κ3) is 8.62. The minimum absolute atomic E-state index is 0.0244. The Bertz CT molecular complexity index is 535. The van der Waals surface area contributed by atoms with Gasteiger partial charge in [0.05, 0.1) is 19.7 Å². The zero-order valence-electron chi connectivity index (χ0n) is 13.7. The number of alkyl carbamates (subject to hydrolysis) is 2. The lowest BCUT2D eigenvalue weighted by Crippen LogP contribution is -2.41. The highest BCUT2D eigenvalue weighted by molar-refractivity contribution is 5.68. The fourth-order valence-electron chi connectivity index (χ4n) is 1.85. The number of hydrogen-bond acceptors (Lipinski definition) is 6. The van der Waals surface area contributed by atoms with E-state index in [0.717, 1.165) is 5.56 Å². The fraction of sp³-hybridized carbons (Fsp3) is 0.438. The van der Waals surface area contributed by atoms with Crippen LogP contribution >= 0.6 is 0 Å². The Morgan fingerprint density at radius 1 is 1.08 bits per heavy atom. The quantitative estimate of drug-likeness (QED) is 0.420. The zero-order valence-corrected chi connectivity index (χ0v) is 13.7. The predicted molar refractivity (Wildman–Crippen MR) is 85.5 cm³/mol. The second kappa shape index (κ2) is 10.9. The molecule has 8 heteroatoms. The van der Waals surface area contributed by atoms with Crippen LogP contribution in [0.5, 0.6) is 0 Å². The van der Waals surface area contributed by atoms with E-state index >= 15 is 0 Å². The van der Waals surface area contributed by atoms with E-state index in [1.807, 2.05) is 30.3 Å². The molecule has 2 N–H and O–H groups in total. The summed E-state index contributed by atoms with van der Waals surface area (Å²) in [6, 6.07) is 9.04. The molecule has 0 unspecified atom stereocenters. The number of rotatable bonds is 8. The van der Waals surface area contributed by atoms with Gasteiger partial charge in [0.2, 0.25) is 0 Å². The average molecular weight is 338 g/mol. The van der Waals surface area contributed by atoms with Gasteiger partial charge in [0.15, 0.2) is 0 Å². The van der Waals surface area contributed by atoms with Gasteiger partial charge in [-0.1, -0.05) is 30.3 Å². The van der Waals surface area contributed by atoms with E-state index in [0.29, 0.717) is 6.42 Å². The number of methoxy groups -OCH3 is 1. The van der Waals surface area contributed by atoms with Gasteiger partial charge in [-0.05, 0) is 12.0 Å². The summed E-state index contributed by atoms with van der Waals surface area (Å²) in [7, 11) is 1.26. The normalized spacial score (nSPS) is 11.1. The van der Waals surface area contributed by atoms with E-state index in [1.54, 1.807) is 0 Å². The summed E-state index contributed by atoms with van der Waals surface area (Å²) in [5, 5.41) is 5.06. The van der Waals surface area contributed by atoms with Crippen LogP contribution in [0.25, 0.3) is 0 Å². The van der Waals surface area contributed by atoms with E-state index in [-0.39, 0.29) is 19.8 Å². The first-order valence-electron chi connectivity index (χ1n) is 7.43. The number of amides is 2. The summed E-state index contributed by atoms with van der Waals surface area (Å²) < 4.78 is 14.3. The Labute approximate surface area is 140 Å². The van der Waals surface area contributed by atoms with Crippen LogP contribution in [0.4, 0.5) is 9.59 Å². The van der Waals surface area contributed by atoms with Gasteiger partial charge >= 0.3 is 18.2 Å². The van der Waals surface area contributed by atoms with E-state index in [4.69, 9.17) is 4.74 Å². The molecule has 0 radical (unpaired) electrons. The molecule has 0 aliphatic rings. The molecule has 0 spiro atoms. The Morgan fingerprint density at radius 2 is 1.79 bits per heavy atom. The Hall–Kier alpha value is -2.77. The molecular weight excluding hydrogens is 316 g/mol. The summed E-state index contributed by atoms with van der Waals surface area (Å²) >= 11 is 0. The first-order valence-corrected chi connectivity index (χ1v) is 7.43. The Balaban J connectivity index is 2.42. The maximum absolute atomic E-state index is 11.6. The van der Waals surface area contributed by atoms with E-state index in [2.05, 4.69) is 20.1 Å². The molecule has 0 heterocycles. The molecule has 0 aliphatic heterocycles. The molecule has 0 saturated heterocycles. The summed E-state index contributed by atoms with van der Waals surface area (Å²) in [5.41, 5.74) is 0.984. The highest BCUT2D eigenvalue weighted by Crippen LogP contribution is 2.04. The number of nitrogens with one attached hydrogen (secondary N) is 2. The lowest BCUT2D eigenvalue weighted by molar-refractivity contribution is -0.140. The van der Waals surface area contributed by atoms with Crippen LogP contribution in [-0.2, 0) is 25.4 Å². The zero-order chi connectivity index (χ0) is 17.8. The number of hydrogen-bond donors (Lipinski definition) is 2. The largest absolute Gasteiger partial charge is 0.464 e. The van der Waals surface area contributed by atoms with Crippen molar-refractivity contribution >= 4 is 18.2 Å². The molecule has 1 aromatic rings. The summed E-state index contributed by atoms with van der Waals surface area (Å²) in [5.74, 6) is -0.421. The van der Waals surface area contributed by atoms with Gasteiger partial charge in [-0.25, -0.2) is 9.59 Å². The van der Waals surface area contributed by atoms with Crippen molar-refractivity contribution in [2.24, 2.45) is 0 Å². The summed E-state index contributed by atoms with van der Waals surface area (Å²) in [6.07, 6.45) is -0.780. The lowest BCUT2D eigenvalue weighted by Gasteiger charge is -2.18. The van der Waals surface area contributed by atoms with Crippen LogP contribution in [0.15, 0.2) is 30.3 Å². The maximum Gasteiger partial charge on any atom is 0.407 e. The highest BCUT2D eigenvalue weighted by atomic mass is 16.6. The molecule has 0 fully saturated rings. The monoisotopic (exact) mass is 338 g/mol. The molecule has 1 aromatic carbocycles. The lowest BCUT2D eigenvalue weighted by atomic mass is 10.1. The standard InChI is InChI=1S/C16H22N2O6/c1-12(19)23-9-8-17-15(20)24-11-14(18-16(21)22-2)10-13-6-4-3-5-7-13/h3-7,14H,8-11H2,1-2H3,(H,17,20)(H,18,21)/t14-/m0/s1. The van der Waals surface area contributed by atoms with Crippen LogP contribution < -0.4 is 10.6 Å². The Kier molecular flexibility index (Phi) is 8.73. The number of carbonyl (C=O) groups is 3. The second-order valence-electron chi connectivity index (χ2n) is 4.89. The van der Waals surface area contributed by atoms with Gasteiger partial charge < -0.3 is 24.8 Å². The van der Waals surface area contributed by atoms with Crippen molar-refractivity contribution in [3.63, 3.8) is 0 Å². The molecule has 0 aliphatic carbocycles. The van der Waals surface area contributed by atoms with Crippen molar-refractivity contribution in [2.75, 3.05) is 26.9 Å². The van der Waals surface area contributed by atoms with Gasteiger partial charge in [-0.15, -0.1) is 0 Å². The average Bonchev–Trinajstić information content (AvgIpc) is 2.57. The minimum Gasteiger partial charge on any atom is -0.464 e. The highest BCUT2D eigenvalue weighted by Gasteiger charge is 2.16. The molecule has 132 valence electrons. The van der Waals surface area contributed by atoms with E-state index in [9.17, 15) is 14.4 Å². The maximum atomic E-state index is 11.6. The van der Waals surface area contributed by atoms with Crippen LogP contribution in [0.3, 0.4) is 0 Å². The first kappa shape index (κ1) is 19.3. The van der Waals surface area contributed by atoms with Crippen LogP contribution in [0.1, 0.15) is 12.5 Å². The molecule has 0 saturated carbocycles. The Morgan fingerprint density at radius 3 is 2.42 bits per heavy atom.